The maximum atomic E-state index is 11.6. The molecule has 0 aliphatic rings. The van der Waals surface area contributed by atoms with E-state index in [1.807, 2.05) is 19.1 Å². The van der Waals surface area contributed by atoms with Crippen LogP contribution in [0.25, 0.3) is 0 Å². The van der Waals surface area contributed by atoms with E-state index in [0.717, 1.165) is 43.6 Å². The van der Waals surface area contributed by atoms with Gasteiger partial charge in [-0.05, 0) is 38.4 Å². The Morgan fingerprint density at radius 1 is 1.29 bits per heavy atom. The van der Waals surface area contributed by atoms with Gasteiger partial charge in [-0.1, -0.05) is 12.8 Å². The van der Waals surface area contributed by atoms with Crippen molar-refractivity contribution >= 4 is 11.6 Å². The number of aromatic nitrogens is 1. The third-order valence-corrected chi connectivity index (χ3v) is 2.55. The fourth-order valence-corrected chi connectivity index (χ4v) is 1.55. The summed E-state index contributed by atoms with van der Waals surface area (Å²) < 4.78 is 0. The van der Waals surface area contributed by atoms with Gasteiger partial charge in [-0.25, -0.2) is 0 Å². The maximum Gasteiger partial charge on any atom is 0.224 e. The molecule has 94 valence electrons. The van der Waals surface area contributed by atoms with E-state index >= 15 is 0 Å². The van der Waals surface area contributed by atoms with Crippen LogP contribution >= 0.6 is 0 Å². The van der Waals surface area contributed by atoms with E-state index in [1.165, 1.54) is 0 Å². The monoisotopic (exact) mass is 235 g/mol. The number of nitrogens with two attached hydrogens (primary N) is 1. The Hall–Kier alpha value is -1.42. The Morgan fingerprint density at radius 3 is 2.71 bits per heavy atom. The fraction of sp³-hybridized carbons (Fsp3) is 0.538. The number of hydrogen-bond acceptors (Lipinski definition) is 3. The van der Waals surface area contributed by atoms with Crippen molar-refractivity contribution in [3.05, 3.63) is 24.0 Å². The van der Waals surface area contributed by atoms with Crippen molar-refractivity contribution in [1.82, 2.24) is 4.98 Å². The van der Waals surface area contributed by atoms with E-state index in [9.17, 15) is 4.79 Å². The summed E-state index contributed by atoms with van der Waals surface area (Å²) >= 11 is 0. The summed E-state index contributed by atoms with van der Waals surface area (Å²) in [5, 5.41) is 2.83. The summed E-state index contributed by atoms with van der Waals surface area (Å²) in [7, 11) is 0. The maximum absolute atomic E-state index is 11.6. The van der Waals surface area contributed by atoms with Gasteiger partial charge in [0.15, 0.2) is 0 Å². The molecule has 1 heterocycles. The second kappa shape index (κ2) is 7.79. The number of carbonyl (C=O) groups is 1. The van der Waals surface area contributed by atoms with Crippen LogP contribution in [0.2, 0.25) is 0 Å². The molecule has 1 aromatic rings. The van der Waals surface area contributed by atoms with Crippen LogP contribution in [0.5, 0.6) is 0 Å². The largest absolute Gasteiger partial charge is 0.330 e. The quantitative estimate of drug-likeness (QED) is 0.712. The Morgan fingerprint density at radius 2 is 2.06 bits per heavy atom. The van der Waals surface area contributed by atoms with E-state index in [2.05, 4.69) is 10.3 Å². The van der Waals surface area contributed by atoms with Crippen LogP contribution in [0.15, 0.2) is 18.3 Å². The zero-order valence-electron chi connectivity index (χ0n) is 10.4. The minimum Gasteiger partial charge on any atom is -0.330 e. The molecular formula is C13H21N3O. The number of unbranched alkanes of at least 4 members (excludes halogenated alkanes) is 3. The number of nitrogens with zero attached hydrogens (tertiary/aromatic N) is 1. The van der Waals surface area contributed by atoms with Crippen molar-refractivity contribution in [3.63, 3.8) is 0 Å². The Labute approximate surface area is 103 Å². The molecule has 1 aromatic heterocycles. The number of rotatable bonds is 7. The lowest BCUT2D eigenvalue weighted by atomic mass is 10.1. The molecule has 0 atom stereocenters. The van der Waals surface area contributed by atoms with Gasteiger partial charge in [-0.3, -0.25) is 9.78 Å². The molecule has 0 bridgehead atoms. The highest BCUT2D eigenvalue weighted by Gasteiger charge is 2.02. The molecule has 0 aliphatic heterocycles. The topological polar surface area (TPSA) is 68.0 Å². The zero-order chi connectivity index (χ0) is 12.5. The van der Waals surface area contributed by atoms with E-state index in [4.69, 9.17) is 5.73 Å². The predicted molar refractivity (Wildman–Crippen MR) is 69.7 cm³/mol. The van der Waals surface area contributed by atoms with Crippen LogP contribution in [0, 0.1) is 6.92 Å². The Bertz CT molecular complexity index is 335. The Balaban J connectivity index is 2.18. The molecule has 0 fully saturated rings. The number of nitrogens with one attached hydrogen (secondary N) is 1. The molecule has 3 N–H and O–H groups in total. The number of anilines is 1. The lowest BCUT2D eigenvalue weighted by Gasteiger charge is -2.04. The summed E-state index contributed by atoms with van der Waals surface area (Å²) in [6, 6.07) is 3.76. The van der Waals surface area contributed by atoms with Gasteiger partial charge in [0.2, 0.25) is 5.91 Å². The summed E-state index contributed by atoms with van der Waals surface area (Å²) in [6.45, 7) is 2.66. The molecule has 0 aromatic carbocycles. The summed E-state index contributed by atoms with van der Waals surface area (Å²) in [4.78, 5) is 15.7. The van der Waals surface area contributed by atoms with Crippen LogP contribution < -0.4 is 11.1 Å². The molecule has 0 saturated carbocycles. The first-order valence-electron chi connectivity index (χ1n) is 6.15. The van der Waals surface area contributed by atoms with Crippen molar-refractivity contribution in [3.8, 4) is 0 Å². The molecule has 4 heteroatoms. The number of amides is 1. The molecular weight excluding hydrogens is 214 g/mol. The van der Waals surface area contributed by atoms with Gasteiger partial charge in [0.25, 0.3) is 0 Å². The normalized spacial score (nSPS) is 10.2. The van der Waals surface area contributed by atoms with Crippen LogP contribution in [0.1, 0.15) is 37.8 Å². The Kier molecular flexibility index (Phi) is 6.25. The highest BCUT2D eigenvalue weighted by molar-refractivity contribution is 5.90. The highest BCUT2D eigenvalue weighted by Crippen LogP contribution is 2.08. The molecule has 17 heavy (non-hydrogen) atoms. The van der Waals surface area contributed by atoms with E-state index in [-0.39, 0.29) is 5.91 Å². The van der Waals surface area contributed by atoms with Gasteiger partial charge in [0.05, 0.1) is 11.9 Å². The molecule has 0 unspecified atom stereocenters. The molecule has 4 nitrogen and oxygen atoms in total. The van der Waals surface area contributed by atoms with Gasteiger partial charge in [0, 0.05) is 12.1 Å². The minimum atomic E-state index is 0.0587. The van der Waals surface area contributed by atoms with Crippen molar-refractivity contribution < 1.29 is 4.79 Å². The fourth-order valence-electron chi connectivity index (χ4n) is 1.55. The number of aryl methyl sites for hydroxylation is 1. The second-order valence-corrected chi connectivity index (χ2v) is 4.19. The van der Waals surface area contributed by atoms with E-state index in [1.54, 1.807) is 6.20 Å². The van der Waals surface area contributed by atoms with Gasteiger partial charge >= 0.3 is 0 Å². The average Bonchev–Trinajstić information content (AvgIpc) is 2.32. The smallest absolute Gasteiger partial charge is 0.224 e. The van der Waals surface area contributed by atoms with Gasteiger partial charge in [-0.2, -0.15) is 0 Å². The van der Waals surface area contributed by atoms with Gasteiger partial charge < -0.3 is 11.1 Å². The van der Waals surface area contributed by atoms with Crippen LogP contribution in [0.4, 0.5) is 5.69 Å². The lowest BCUT2D eigenvalue weighted by Crippen LogP contribution is -2.11. The molecule has 0 saturated heterocycles. The minimum absolute atomic E-state index is 0.0587. The number of hydrogen-bond donors (Lipinski definition) is 2. The molecule has 0 radical (unpaired) electrons. The second-order valence-electron chi connectivity index (χ2n) is 4.19. The standard InChI is InChI=1S/C13H21N3O/c1-11-7-8-12(10-15-11)16-13(17)6-4-2-3-5-9-14/h7-8,10H,2-6,9,14H2,1H3,(H,16,17). The molecule has 0 spiro atoms. The SMILES string of the molecule is Cc1ccc(NC(=O)CCCCCCN)cn1. The first-order chi connectivity index (χ1) is 8.22. The van der Waals surface area contributed by atoms with Gasteiger partial charge in [-0.15, -0.1) is 0 Å². The van der Waals surface area contributed by atoms with Gasteiger partial charge in [0.1, 0.15) is 0 Å². The predicted octanol–water partition coefficient (Wildman–Crippen LogP) is 2.24. The van der Waals surface area contributed by atoms with Crippen molar-refractivity contribution in [2.45, 2.75) is 39.0 Å². The van der Waals surface area contributed by atoms with Crippen molar-refractivity contribution in [1.29, 1.82) is 0 Å². The van der Waals surface area contributed by atoms with E-state index < -0.39 is 0 Å². The van der Waals surface area contributed by atoms with Crippen molar-refractivity contribution in [2.24, 2.45) is 5.73 Å². The first kappa shape index (κ1) is 13.6. The first-order valence-corrected chi connectivity index (χ1v) is 6.15. The summed E-state index contributed by atoms with van der Waals surface area (Å²) in [5.74, 6) is 0.0587. The molecule has 1 rings (SSSR count). The van der Waals surface area contributed by atoms with Crippen LogP contribution in [-0.4, -0.2) is 17.4 Å². The molecule has 1 amide bonds. The summed E-state index contributed by atoms with van der Waals surface area (Å²) in [6.07, 6.45) is 6.39. The lowest BCUT2D eigenvalue weighted by molar-refractivity contribution is -0.116. The number of carbonyl (C=O) groups excluding carboxylic acids is 1. The van der Waals surface area contributed by atoms with Crippen molar-refractivity contribution in [2.75, 3.05) is 11.9 Å². The number of pyridine rings is 1. The average molecular weight is 235 g/mol. The van der Waals surface area contributed by atoms with Crippen LogP contribution in [0.3, 0.4) is 0 Å². The highest BCUT2D eigenvalue weighted by atomic mass is 16.1. The van der Waals surface area contributed by atoms with Crippen LogP contribution in [-0.2, 0) is 4.79 Å². The molecule has 0 aliphatic carbocycles. The third-order valence-electron chi connectivity index (χ3n) is 2.55. The van der Waals surface area contributed by atoms with E-state index in [0.29, 0.717) is 6.42 Å². The summed E-state index contributed by atoms with van der Waals surface area (Å²) in [5.41, 5.74) is 7.11. The third kappa shape index (κ3) is 6.02. The zero-order valence-corrected chi connectivity index (χ0v) is 10.4.